The number of aromatic amines is 1. The first-order chi connectivity index (χ1) is 11.5. The summed E-state index contributed by atoms with van der Waals surface area (Å²) in [5.41, 5.74) is 5.11. The summed E-state index contributed by atoms with van der Waals surface area (Å²) in [5, 5.41) is 28.6. The molecule has 24 heavy (non-hydrogen) atoms. The number of imidazole rings is 1. The van der Waals surface area contributed by atoms with Crippen molar-refractivity contribution in [3.63, 3.8) is 0 Å². The minimum Gasteiger partial charge on any atom is -0.389 e. The molecule has 1 atom stereocenters. The van der Waals surface area contributed by atoms with Gasteiger partial charge in [-0.2, -0.15) is 10.5 Å². The van der Waals surface area contributed by atoms with E-state index in [-0.39, 0.29) is 6.42 Å². The molecule has 0 saturated carbocycles. The van der Waals surface area contributed by atoms with E-state index >= 15 is 0 Å². The molecule has 0 saturated heterocycles. The van der Waals surface area contributed by atoms with Crippen molar-refractivity contribution in [2.45, 2.75) is 26.4 Å². The van der Waals surface area contributed by atoms with Gasteiger partial charge in [0, 0.05) is 5.56 Å². The Morgan fingerprint density at radius 2 is 2.04 bits per heavy atom. The third-order valence-electron chi connectivity index (χ3n) is 3.97. The molecule has 5 nitrogen and oxygen atoms in total. The maximum atomic E-state index is 10.2. The standard InChI is InChI=1S/C19H16N4O/c1-11(24)19-15(10-21)7-13(5-6-20)8-16(19)14-3-4-17-18(9-14)23-12(2)22-17/h3-4,7-9,11,24H,5H2,1-2H3,(H,22,23). The molecule has 1 unspecified atom stereocenters. The van der Waals surface area contributed by atoms with E-state index in [0.29, 0.717) is 11.1 Å². The number of hydrogen-bond donors (Lipinski definition) is 2. The summed E-state index contributed by atoms with van der Waals surface area (Å²) in [5.74, 6) is 0.828. The second kappa shape index (κ2) is 6.16. The van der Waals surface area contributed by atoms with Crippen molar-refractivity contribution in [3.05, 3.63) is 52.8 Å². The van der Waals surface area contributed by atoms with E-state index in [0.717, 1.165) is 33.5 Å². The van der Waals surface area contributed by atoms with Gasteiger partial charge in [-0.3, -0.25) is 0 Å². The van der Waals surface area contributed by atoms with E-state index in [1.165, 1.54) is 0 Å². The van der Waals surface area contributed by atoms with E-state index in [4.69, 9.17) is 5.26 Å². The van der Waals surface area contributed by atoms with Gasteiger partial charge < -0.3 is 10.1 Å². The molecule has 2 N–H and O–H groups in total. The number of rotatable bonds is 3. The molecular weight excluding hydrogens is 300 g/mol. The lowest BCUT2D eigenvalue weighted by Gasteiger charge is -2.16. The summed E-state index contributed by atoms with van der Waals surface area (Å²) in [7, 11) is 0. The molecule has 0 amide bonds. The molecule has 3 rings (SSSR count). The lowest BCUT2D eigenvalue weighted by Crippen LogP contribution is -2.01. The van der Waals surface area contributed by atoms with Crippen LogP contribution in [0.15, 0.2) is 30.3 Å². The summed E-state index contributed by atoms with van der Waals surface area (Å²) in [6, 6.07) is 13.6. The second-order valence-electron chi connectivity index (χ2n) is 5.78. The average Bonchev–Trinajstić information content (AvgIpc) is 2.93. The zero-order valence-corrected chi connectivity index (χ0v) is 13.5. The Hall–Kier alpha value is -3.15. The topological polar surface area (TPSA) is 96.5 Å². The summed E-state index contributed by atoms with van der Waals surface area (Å²) >= 11 is 0. The third-order valence-corrected chi connectivity index (χ3v) is 3.97. The number of aryl methyl sites for hydroxylation is 1. The van der Waals surface area contributed by atoms with E-state index in [1.54, 1.807) is 13.0 Å². The fourth-order valence-corrected chi connectivity index (χ4v) is 2.99. The molecule has 0 radical (unpaired) electrons. The molecule has 0 aliphatic rings. The fourth-order valence-electron chi connectivity index (χ4n) is 2.99. The van der Waals surface area contributed by atoms with Gasteiger partial charge >= 0.3 is 0 Å². The summed E-state index contributed by atoms with van der Waals surface area (Å²) in [6.45, 7) is 3.53. The molecule has 5 heteroatoms. The number of nitrogens with zero attached hydrogens (tertiary/aromatic N) is 3. The molecule has 0 fully saturated rings. The average molecular weight is 316 g/mol. The number of H-pyrrole nitrogens is 1. The number of aromatic nitrogens is 2. The Morgan fingerprint density at radius 1 is 1.25 bits per heavy atom. The Morgan fingerprint density at radius 3 is 2.71 bits per heavy atom. The highest BCUT2D eigenvalue weighted by molar-refractivity contribution is 5.83. The van der Waals surface area contributed by atoms with Gasteiger partial charge in [-0.1, -0.05) is 6.07 Å². The van der Waals surface area contributed by atoms with Crippen LogP contribution in [0.4, 0.5) is 0 Å². The minimum absolute atomic E-state index is 0.214. The lowest BCUT2D eigenvalue weighted by atomic mass is 9.90. The van der Waals surface area contributed by atoms with Crippen molar-refractivity contribution < 1.29 is 5.11 Å². The number of fused-ring (bicyclic) bond motifs is 1. The highest BCUT2D eigenvalue weighted by Gasteiger charge is 2.17. The molecule has 118 valence electrons. The normalized spacial score (nSPS) is 11.9. The molecule has 0 spiro atoms. The maximum Gasteiger partial charge on any atom is 0.104 e. The molecule has 0 aliphatic carbocycles. The van der Waals surface area contributed by atoms with Crippen LogP contribution in [-0.4, -0.2) is 15.1 Å². The second-order valence-corrected chi connectivity index (χ2v) is 5.78. The Labute approximate surface area is 139 Å². The fraction of sp³-hybridized carbons (Fsp3) is 0.211. The van der Waals surface area contributed by atoms with Gasteiger partial charge in [0.05, 0.1) is 41.3 Å². The Bertz CT molecular complexity index is 1000. The first-order valence-electron chi connectivity index (χ1n) is 7.62. The first-order valence-corrected chi connectivity index (χ1v) is 7.62. The van der Waals surface area contributed by atoms with Crippen LogP contribution in [0.2, 0.25) is 0 Å². The van der Waals surface area contributed by atoms with Gasteiger partial charge in [-0.25, -0.2) is 4.98 Å². The number of aliphatic hydroxyl groups excluding tert-OH is 1. The quantitative estimate of drug-likeness (QED) is 0.772. The molecule has 0 bridgehead atoms. The monoisotopic (exact) mass is 316 g/mol. The van der Waals surface area contributed by atoms with Crippen LogP contribution >= 0.6 is 0 Å². The smallest absolute Gasteiger partial charge is 0.104 e. The largest absolute Gasteiger partial charge is 0.389 e. The number of hydrogen-bond acceptors (Lipinski definition) is 4. The Kier molecular flexibility index (Phi) is 4.04. The van der Waals surface area contributed by atoms with Crippen LogP contribution in [0.5, 0.6) is 0 Å². The maximum absolute atomic E-state index is 10.2. The molecule has 1 heterocycles. The van der Waals surface area contributed by atoms with Crippen molar-refractivity contribution in [1.82, 2.24) is 9.97 Å². The minimum atomic E-state index is -0.789. The van der Waals surface area contributed by atoms with E-state index in [1.807, 2.05) is 31.2 Å². The van der Waals surface area contributed by atoms with Crippen molar-refractivity contribution in [2.24, 2.45) is 0 Å². The predicted octanol–water partition coefficient (Wildman–Crippen LogP) is 3.53. The first kappa shape index (κ1) is 15.7. The summed E-state index contributed by atoms with van der Waals surface area (Å²) in [6.07, 6.45) is -0.576. The molecule has 1 aromatic heterocycles. The van der Waals surface area contributed by atoms with Crippen molar-refractivity contribution in [2.75, 3.05) is 0 Å². The highest BCUT2D eigenvalue weighted by Crippen LogP contribution is 2.33. The lowest BCUT2D eigenvalue weighted by molar-refractivity contribution is 0.199. The number of nitrogens with one attached hydrogen (secondary N) is 1. The number of aliphatic hydroxyl groups is 1. The Balaban J connectivity index is 2.28. The van der Waals surface area contributed by atoms with Crippen LogP contribution in [0.25, 0.3) is 22.2 Å². The zero-order valence-electron chi connectivity index (χ0n) is 13.5. The van der Waals surface area contributed by atoms with Crippen LogP contribution in [0, 0.1) is 29.6 Å². The SMILES string of the molecule is Cc1nc2cc(-c3cc(CC#N)cc(C#N)c3C(C)O)ccc2[nH]1. The predicted molar refractivity (Wildman–Crippen MR) is 90.9 cm³/mol. The van der Waals surface area contributed by atoms with Crippen molar-refractivity contribution in [3.8, 4) is 23.3 Å². The molecule has 3 aromatic rings. The third kappa shape index (κ3) is 2.74. The van der Waals surface area contributed by atoms with Crippen molar-refractivity contribution in [1.29, 1.82) is 10.5 Å². The van der Waals surface area contributed by atoms with Crippen LogP contribution in [-0.2, 0) is 6.42 Å². The van der Waals surface area contributed by atoms with Crippen molar-refractivity contribution >= 4 is 11.0 Å². The van der Waals surface area contributed by atoms with Gasteiger partial charge in [-0.05, 0) is 54.8 Å². The summed E-state index contributed by atoms with van der Waals surface area (Å²) < 4.78 is 0. The van der Waals surface area contributed by atoms with Gasteiger partial charge in [0.25, 0.3) is 0 Å². The zero-order chi connectivity index (χ0) is 17.3. The molecular formula is C19H16N4O. The van der Waals surface area contributed by atoms with Gasteiger partial charge in [0.15, 0.2) is 0 Å². The van der Waals surface area contributed by atoms with Gasteiger partial charge in [0.2, 0.25) is 0 Å². The van der Waals surface area contributed by atoms with Crippen LogP contribution in [0.1, 0.15) is 35.5 Å². The number of benzene rings is 2. The van der Waals surface area contributed by atoms with Crippen LogP contribution in [0.3, 0.4) is 0 Å². The highest BCUT2D eigenvalue weighted by atomic mass is 16.3. The van der Waals surface area contributed by atoms with Crippen LogP contribution < -0.4 is 0 Å². The van der Waals surface area contributed by atoms with E-state index in [2.05, 4.69) is 22.1 Å². The molecule has 0 aliphatic heterocycles. The van der Waals surface area contributed by atoms with E-state index < -0.39 is 6.10 Å². The van der Waals surface area contributed by atoms with E-state index in [9.17, 15) is 10.4 Å². The summed E-state index contributed by atoms with van der Waals surface area (Å²) in [4.78, 5) is 7.61. The molecule has 2 aromatic carbocycles. The number of nitriles is 2. The van der Waals surface area contributed by atoms with Gasteiger partial charge in [0.1, 0.15) is 5.82 Å². The van der Waals surface area contributed by atoms with Gasteiger partial charge in [-0.15, -0.1) is 0 Å².